The van der Waals surface area contributed by atoms with Gasteiger partial charge in [0.1, 0.15) is 5.75 Å². The molecule has 0 saturated heterocycles. The van der Waals surface area contributed by atoms with Crippen molar-refractivity contribution in [2.24, 2.45) is 5.92 Å². The van der Waals surface area contributed by atoms with Crippen LogP contribution in [-0.4, -0.2) is 38.0 Å². The van der Waals surface area contributed by atoms with E-state index in [4.69, 9.17) is 4.74 Å². The van der Waals surface area contributed by atoms with E-state index in [-0.39, 0.29) is 17.5 Å². The van der Waals surface area contributed by atoms with Crippen LogP contribution in [0, 0.1) is 5.92 Å². The van der Waals surface area contributed by atoms with Crippen LogP contribution in [0.5, 0.6) is 5.75 Å². The van der Waals surface area contributed by atoms with Crippen LogP contribution in [0.2, 0.25) is 0 Å². The average Bonchev–Trinajstić information content (AvgIpc) is 3.29. The first kappa shape index (κ1) is 15.3. The van der Waals surface area contributed by atoms with E-state index in [2.05, 4.69) is 0 Å². The molecule has 1 aromatic rings. The van der Waals surface area contributed by atoms with Gasteiger partial charge in [-0.25, -0.2) is 8.42 Å². The first-order valence-corrected chi connectivity index (χ1v) is 8.11. The topological polar surface area (TPSA) is 66.8 Å². The number of sulfonamides is 1. The number of nitrogens with zero attached hydrogens (tertiary/aromatic N) is 1. The molecule has 1 aliphatic carbocycles. The smallest absolute Gasteiger partial charge is 0.243 e. The van der Waals surface area contributed by atoms with Crippen LogP contribution in [0.15, 0.2) is 23.1 Å². The van der Waals surface area contributed by atoms with Crippen LogP contribution in [0.4, 0.5) is 0 Å². The van der Waals surface area contributed by atoms with Gasteiger partial charge in [-0.1, -0.05) is 0 Å². The number of aliphatic hydroxyl groups excluding tert-OH is 1. The van der Waals surface area contributed by atoms with Crippen molar-refractivity contribution in [2.45, 2.75) is 37.3 Å². The number of hydrogen-bond acceptors (Lipinski definition) is 4. The number of ether oxygens (including phenoxy) is 1. The maximum atomic E-state index is 12.6. The summed E-state index contributed by atoms with van der Waals surface area (Å²) >= 11 is 0. The highest BCUT2D eigenvalue weighted by Crippen LogP contribution is 2.36. The van der Waals surface area contributed by atoms with Crippen molar-refractivity contribution in [3.8, 4) is 5.75 Å². The van der Waals surface area contributed by atoms with Gasteiger partial charge >= 0.3 is 0 Å². The monoisotopic (exact) mass is 299 g/mol. The number of rotatable bonds is 6. The van der Waals surface area contributed by atoms with Crippen molar-refractivity contribution in [3.05, 3.63) is 23.8 Å². The molecule has 1 atom stereocenters. The van der Waals surface area contributed by atoms with E-state index >= 15 is 0 Å². The van der Waals surface area contributed by atoms with Crippen LogP contribution < -0.4 is 4.74 Å². The van der Waals surface area contributed by atoms with Crippen molar-refractivity contribution in [2.75, 3.05) is 14.2 Å². The number of hydrogen-bond donors (Lipinski definition) is 1. The van der Waals surface area contributed by atoms with Gasteiger partial charge in [0, 0.05) is 18.7 Å². The fourth-order valence-corrected chi connectivity index (χ4v) is 3.77. The Morgan fingerprint density at radius 1 is 1.45 bits per heavy atom. The van der Waals surface area contributed by atoms with Crippen LogP contribution in [0.1, 0.15) is 25.3 Å². The van der Waals surface area contributed by atoms with Gasteiger partial charge in [0.15, 0.2) is 0 Å². The van der Waals surface area contributed by atoms with Crippen LogP contribution in [0.25, 0.3) is 0 Å². The fourth-order valence-electron chi connectivity index (χ4n) is 2.30. The van der Waals surface area contributed by atoms with Gasteiger partial charge in [-0.15, -0.1) is 0 Å². The van der Waals surface area contributed by atoms with Crippen molar-refractivity contribution in [3.63, 3.8) is 0 Å². The predicted molar refractivity (Wildman–Crippen MR) is 76.1 cm³/mol. The molecular formula is C14H21NO4S. The molecule has 1 N–H and O–H groups in total. The standard InChI is InChI=1S/C14H21NO4S/c1-10(11-4-5-11)15(2)20(17,18)13-6-7-14(19-3)12(8-13)9-16/h6-8,10-11,16H,4-5,9H2,1-3H3. The Bertz CT molecular complexity index is 581. The molecule has 5 nitrogen and oxygen atoms in total. The lowest BCUT2D eigenvalue weighted by Crippen LogP contribution is -2.36. The molecule has 0 bridgehead atoms. The first-order chi connectivity index (χ1) is 9.41. The Balaban J connectivity index is 2.33. The van der Waals surface area contributed by atoms with E-state index < -0.39 is 10.0 Å². The number of benzene rings is 1. The lowest BCUT2D eigenvalue weighted by Gasteiger charge is -2.24. The molecule has 1 fully saturated rings. The van der Waals surface area contributed by atoms with Crippen LogP contribution in [0.3, 0.4) is 0 Å². The third kappa shape index (κ3) is 2.82. The molecule has 6 heteroatoms. The van der Waals surface area contributed by atoms with E-state index in [0.29, 0.717) is 17.2 Å². The third-order valence-electron chi connectivity index (χ3n) is 3.98. The molecule has 0 radical (unpaired) electrons. The molecule has 0 heterocycles. The molecule has 1 unspecified atom stereocenters. The molecule has 0 amide bonds. The zero-order valence-corrected chi connectivity index (χ0v) is 12.9. The van der Waals surface area contributed by atoms with E-state index in [1.165, 1.54) is 23.5 Å². The molecule has 1 saturated carbocycles. The van der Waals surface area contributed by atoms with Gasteiger partial charge in [-0.3, -0.25) is 0 Å². The summed E-state index contributed by atoms with van der Waals surface area (Å²) in [4.78, 5) is 0.192. The highest BCUT2D eigenvalue weighted by atomic mass is 32.2. The minimum atomic E-state index is -3.53. The number of aliphatic hydroxyl groups is 1. The summed E-state index contributed by atoms with van der Waals surface area (Å²) < 4.78 is 31.7. The second kappa shape index (κ2) is 5.71. The van der Waals surface area contributed by atoms with Gasteiger partial charge in [0.05, 0.1) is 18.6 Å². The van der Waals surface area contributed by atoms with Gasteiger partial charge in [-0.2, -0.15) is 4.31 Å². The second-order valence-electron chi connectivity index (χ2n) is 5.23. The maximum absolute atomic E-state index is 12.6. The van der Waals surface area contributed by atoms with Crippen LogP contribution >= 0.6 is 0 Å². The minimum absolute atomic E-state index is 0.000298. The molecule has 112 valence electrons. The summed E-state index contributed by atoms with van der Waals surface area (Å²) in [5.41, 5.74) is 0.473. The van der Waals surface area contributed by atoms with Crippen molar-refractivity contribution in [1.29, 1.82) is 0 Å². The van der Waals surface area contributed by atoms with Crippen molar-refractivity contribution < 1.29 is 18.3 Å². The van der Waals surface area contributed by atoms with E-state index in [1.807, 2.05) is 6.92 Å². The molecular weight excluding hydrogens is 278 g/mol. The quantitative estimate of drug-likeness (QED) is 0.866. The van der Waals surface area contributed by atoms with Gasteiger partial charge < -0.3 is 9.84 Å². The average molecular weight is 299 g/mol. The van der Waals surface area contributed by atoms with Gasteiger partial charge in [0.2, 0.25) is 10.0 Å². The maximum Gasteiger partial charge on any atom is 0.243 e. The molecule has 1 aliphatic rings. The minimum Gasteiger partial charge on any atom is -0.496 e. The Labute approximate surface area is 120 Å². The molecule has 2 rings (SSSR count). The molecule has 0 aliphatic heterocycles. The Morgan fingerprint density at radius 3 is 2.60 bits per heavy atom. The Hall–Kier alpha value is -1.11. The summed E-state index contributed by atoms with van der Waals surface area (Å²) in [6.45, 7) is 1.68. The first-order valence-electron chi connectivity index (χ1n) is 6.67. The Morgan fingerprint density at radius 2 is 2.10 bits per heavy atom. The van der Waals surface area contributed by atoms with E-state index in [0.717, 1.165) is 12.8 Å². The molecule has 0 aromatic heterocycles. The zero-order valence-electron chi connectivity index (χ0n) is 12.0. The third-order valence-corrected chi connectivity index (χ3v) is 5.92. The van der Waals surface area contributed by atoms with Gasteiger partial charge in [-0.05, 0) is 43.9 Å². The van der Waals surface area contributed by atoms with Gasteiger partial charge in [0.25, 0.3) is 0 Å². The Kier molecular flexibility index (Phi) is 4.36. The fraction of sp³-hybridized carbons (Fsp3) is 0.571. The summed E-state index contributed by atoms with van der Waals surface area (Å²) in [5.74, 6) is 0.953. The summed E-state index contributed by atoms with van der Waals surface area (Å²) in [5, 5.41) is 9.30. The summed E-state index contributed by atoms with van der Waals surface area (Å²) in [6, 6.07) is 4.57. The van der Waals surface area contributed by atoms with Crippen molar-refractivity contribution >= 4 is 10.0 Å². The number of methoxy groups -OCH3 is 1. The lowest BCUT2D eigenvalue weighted by atomic mass is 10.2. The highest BCUT2D eigenvalue weighted by molar-refractivity contribution is 7.89. The normalized spacial score (nSPS) is 17.2. The van der Waals surface area contributed by atoms with Crippen LogP contribution in [-0.2, 0) is 16.6 Å². The van der Waals surface area contributed by atoms with E-state index in [9.17, 15) is 13.5 Å². The molecule has 20 heavy (non-hydrogen) atoms. The SMILES string of the molecule is COc1ccc(S(=O)(=O)N(C)C(C)C2CC2)cc1CO. The molecule has 0 spiro atoms. The zero-order chi connectivity index (χ0) is 14.9. The second-order valence-corrected chi connectivity index (χ2v) is 7.23. The predicted octanol–water partition coefficient (Wildman–Crippen LogP) is 1.61. The summed E-state index contributed by atoms with van der Waals surface area (Å²) in [7, 11) is -0.432. The summed E-state index contributed by atoms with van der Waals surface area (Å²) in [6.07, 6.45) is 2.18. The largest absolute Gasteiger partial charge is 0.496 e. The highest BCUT2D eigenvalue weighted by Gasteiger charge is 2.36. The lowest BCUT2D eigenvalue weighted by molar-refractivity contribution is 0.273. The molecule has 1 aromatic carbocycles. The van der Waals surface area contributed by atoms with Crippen molar-refractivity contribution in [1.82, 2.24) is 4.31 Å². The van der Waals surface area contributed by atoms with E-state index in [1.54, 1.807) is 13.1 Å².